The van der Waals surface area contributed by atoms with Crippen LogP contribution in [0.4, 0.5) is 5.69 Å². The third-order valence-corrected chi connectivity index (χ3v) is 6.03. The highest BCUT2D eigenvalue weighted by atomic mass is 16.3. The van der Waals surface area contributed by atoms with Crippen LogP contribution in [0.1, 0.15) is 52.0 Å². The Morgan fingerprint density at radius 3 is 2.59 bits per heavy atom. The van der Waals surface area contributed by atoms with Crippen molar-refractivity contribution < 1.29 is 9.90 Å². The van der Waals surface area contributed by atoms with Gasteiger partial charge in [0.25, 0.3) is 5.91 Å². The fourth-order valence-electron chi connectivity index (χ4n) is 4.56. The second kappa shape index (κ2) is 9.27. The van der Waals surface area contributed by atoms with Gasteiger partial charge in [-0.15, -0.1) is 0 Å². The van der Waals surface area contributed by atoms with E-state index in [4.69, 9.17) is 0 Å². The molecule has 0 aliphatic carbocycles. The quantitative estimate of drug-likeness (QED) is 0.583. The zero-order valence-electron chi connectivity index (χ0n) is 19.2. The van der Waals surface area contributed by atoms with Crippen LogP contribution in [-0.2, 0) is 19.4 Å². The molecule has 32 heavy (non-hydrogen) atoms. The van der Waals surface area contributed by atoms with E-state index in [0.29, 0.717) is 12.1 Å². The highest BCUT2D eigenvalue weighted by Crippen LogP contribution is 2.26. The number of amides is 1. The van der Waals surface area contributed by atoms with Crippen LogP contribution in [0, 0.1) is 6.92 Å². The molecule has 1 aliphatic rings. The van der Waals surface area contributed by atoms with Gasteiger partial charge in [-0.2, -0.15) is 0 Å². The molecule has 3 aromatic rings. The average molecular weight is 429 g/mol. The Hall–Kier alpha value is -2.95. The van der Waals surface area contributed by atoms with Crippen LogP contribution >= 0.6 is 0 Å². The summed E-state index contributed by atoms with van der Waals surface area (Å²) in [6.07, 6.45) is 1.79. The molecule has 3 aromatic carbocycles. The molecule has 0 aromatic heterocycles. The van der Waals surface area contributed by atoms with Crippen molar-refractivity contribution in [3.8, 4) is 0 Å². The molecule has 0 unspecified atom stereocenters. The molecule has 166 valence electrons. The number of anilines is 1. The van der Waals surface area contributed by atoms with Gasteiger partial charge in [0.1, 0.15) is 0 Å². The van der Waals surface area contributed by atoms with Crippen molar-refractivity contribution in [2.75, 3.05) is 18.4 Å². The van der Waals surface area contributed by atoms with Gasteiger partial charge in [0.05, 0.1) is 5.60 Å². The Bertz CT molecular complexity index is 1100. The van der Waals surface area contributed by atoms with E-state index in [-0.39, 0.29) is 5.91 Å². The van der Waals surface area contributed by atoms with Crippen molar-refractivity contribution in [1.29, 1.82) is 0 Å². The number of hydrogen-bond acceptors (Lipinski definition) is 3. The smallest absolute Gasteiger partial charge is 0.255 e. The normalized spacial score (nSPS) is 14.1. The molecule has 0 atom stereocenters. The predicted molar refractivity (Wildman–Crippen MR) is 130 cm³/mol. The first-order valence-electron chi connectivity index (χ1n) is 11.3. The molecule has 0 saturated heterocycles. The first-order valence-corrected chi connectivity index (χ1v) is 11.3. The van der Waals surface area contributed by atoms with E-state index in [1.807, 2.05) is 63.2 Å². The monoisotopic (exact) mass is 428 g/mol. The van der Waals surface area contributed by atoms with E-state index in [9.17, 15) is 9.90 Å². The van der Waals surface area contributed by atoms with Gasteiger partial charge in [-0.05, 0) is 79.6 Å². The summed E-state index contributed by atoms with van der Waals surface area (Å²) in [5.74, 6) is -0.0760. The molecule has 0 fully saturated rings. The topological polar surface area (TPSA) is 52.6 Å². The maximum atomic E-state index is 12.9. The number of aryl methyl sites for hydroxylation is 1. The molecular formula is C28H32N2O2. The van der Waals surface area contributed by atoms with Gasteiger partial charge in [0.15, 0.2) is 0 Å². The van der Waals surface area contributed by atoms with Crippen LogP contribution in [0.15, 0.2) is 66.7 Å². The van der Waals surface area contributed by atoms with E-state index in [1.165, 1.54) is 16.7 Å². The third-order valence-electron chi connectivity index (χ3n) is 6.03. The van der Waals surface area contributed by atoms with E-state index >= 15 is 0 Å². The summed E-state index contributed by atoms with van der Waals surface area (Å²) in [6.45, 7) is 8.20. The summed E-state index contributed by atoms with van der Waals surface area (Å²) in [7, 11) is 0. The Morgan fingerprint density at radius 2 is 1.84 bits per heavy atom. The minimum atomic E-state index is -0.687. The summed E-state index contributed by atoms with van der Waals surface area (Å²) in [5.41, 5.74) is 7.02. The number of benzene rings is 3. The highest BCUT2D eigenvalue weighted by molar-refractivity contribution is 6.05. The first kappa shape index (κ1) is 22.3. The van der Waals surface area contributed by atoms with Gasteiger partial charge in [-0.3, -0.25) is 9.69 Å². The molecule has 4 rings (SSSR count). The molecule has 0 spiro atoms. The molecule has 1 heterocycles. The fourth-order valence-corrected chi connectivity index (χ4v) is 4.56. The highest BCUT2D eigenvalue weighted by Gasteiger charge is 2.23. The number of hydrogen-bond donors (Lipinski definition) is 2. The minimum Gasteiger partial charge on any atom is -0.389 e. The summed E-state index contributed by atoms with van der Waals surface area (Å²) in [6, 6.07) is 22.3. The zero-order valence-corrected chi connectivity index (χ0v) is 19.2. The number of β-amino-alcohol motifs (C(OH)–C–C–N with tert-alkyl or cyclic N) is 1. The summed E-state index contributed by atoms with van der Waals surface area (Å²) >= 11 is 0. The van der Waals surface area contributed by atoms with Crippen LogP contribution in [0.2, 0.25) is 0 Å². The lowest BCUT2D eigenvalue weighted by Gasteiger charge is -2.34. The Labute approximate surface area is 190 Å². The lowest BCUT2D eigenvalue weighted by atomic mass is 9.90. The number of aliphatic hydroxyl groups is 1. The molecule has 0 saturated carbocycles. The lowest BCUT2D eigenvalue weighted by Crippen LogP contribution is -2.41. The van der Waals surface area contributed by atoms with E-state index < -0.39 is 5.60 Å². The molecular weight excluding hydrogens is 396 g/mol. The Kier molecular flexibility index (Phi) is 6.45. The second-order valence-electron chi connectivity index (χ2n) is 9.47. The largest absolute Gasteiger partial charge is 0.389 e. The van der Waals surface area contributed by atoms with Gasteiger partial charge in [0, 0.05) is 30.9 Å². The van der Waals surface area contributed by atoms with E-state index in [1.54, 1.807) is 0 Å². The fraction of sp³-hybridized carbons (Fsp3) is 0.321. The standard InChI is InChI=1S/C28H32N2O2/c1-20-12-13-21(17-26(20)27(31)29-24-10-5-4-6-11-24)16-22-8-7-9-23-18-30(15-14-25(22)23)19-28(2,3)32/h4-13,17,32H,14-16,18-19H2,1-3H3,(H,29,31). The average Bonchev–Trinajstić information content (AvgIpc) is 2.74. The molecule has 1 aliphatic heterocycles. The van der Waals surface area contributed by atoms with Gasteiger partial charge in [0.2, 0.25) is 0 Å². The number of fused-ring (bicyclic) bond motifs is 1. The molecule has 1 amide bonds. The van der Waals surface area contributed by atoms with Crippen molar-refractivity contribution in [2.45, 2.75) is 45.8 Å². The van der Waals surface area contributed by atoms with Crippen molar-refractivity contribution in [3.05, 3.63) is 100 Å². The van der Waals surface area contributed by atoms with Crippen LogP contribution < -0.4 is 5.32 Å². The predicted octanol–water partition coefficient (Wildman–Crippen LogP) is 4.97. The van der Waals surface area contributed by atoms with Crippen LogP contribution in [-0.4, -0.2) is 34.6 Å². The van der Waals surface area contributed by atoms with Crippen LogP contribution in [0.3, 0.4) is 0 Å². The molecule has 0 radical (unpaired) electrons. The first-order chi connectivity index (χ1) is 15.3. The maximum Gasteiger partial charge on any atom is 0.255 e. The van der Waals surface area contributed by atoms with E-state index in [0.717, 1.165) is 42.7 Å². The molecule has 2 N–H and O–H groups in total. The number of carbonyl (C=O) groups is 1. The van der Waals surface area contributed by atoms with Gasteiger partial charge >= 0.3 is 0 Å². The summed E-state index contributed by atoms with van der Waals surface area (Å²) < 4.78 is 0. The maximum absolute atomic E-state index is 12.9. The molecule has 4 nitrogen and oxygen atoms in total. The van der Waals surface area contributed by atoms with Crippen molar-refractivity contribution in [1.82, 2.24) is 4.90 Å². The van der Waals surface area contributed by atoms with Crippen LogP contribution in [0.25, 0.3) is 0 Å². The Morgan fingerprint density at radius 1 is 1.06 bits per heavy atom. The zero-order chi connectivity index (χ0) is 22.7. The number of nitrogens with one attached hydrogen (secondary N) is 1. The number of nitrogens with zero attached hydrogens (tertiary/aromatic N) is 1. The lowest BCUT2D eigenvalue weighted by molar-refractivity contribution is 0.0317. The number of carbonyl (C=O) groups excluding carboxylic acids is 1. The number of rotatable bonds is 6. The van der Waals surface area contributed by atoms with E-state index in [2.05, 4.69) is 34.5 Å². The second-order valence-corrected chi connectivity index (χ2v) is 9.47. The third kappa shape index (κ3) is 5.45. The molecule has 4 heteroatoms. The number of para-hydroxylation sites is 1. The van der Waals surface area contributed by atoms with Gasteiger partial charge in [-0.1, -0.05) is 48.5 Å². The summed E-state index contributed by atoms with van der Waals surface area (Å²) in [5, 5.41) is 13.2. The summed E-state index contributed by atoms with van der Waals surface area (Å²) in [4.78, 5) is 15.2. The Balaban J connectivity index is 1.52. The van der Waals surface area contributed by atoms with Crippen molar-refractivity contribution in [2.24, 2.45) is 0 Å². The SMILES string of the molecule is Cc1ccc(Cc2cccc3c2CCN(CC(C)(C)O)C3)cc1C(=O)Nc1ccccc1. The van der Waals surface area contributed by atoms with Gasteiger partial charge in [-0.25, -0.2) is 0 Å². The van der Waals surface area contributed by atoms with Crippen molar-refractivity contribution >= 4 is 11.6 Å². The van der Waals surface area contributed by atoms with Crippen LogP contribution in [0.5, 0.6) is 0 Å². The van der Waals surface area contributed by atoms with Crippen molar-refractivity contribution in [3.63, 3.8) is 0 Å². The van der Waals surface area contributed by atoms with Gasteiger partial charge < -0.3 is 10.4 Å². The minimum absolute atomic E-state index is 0.0760. The molecule has 0 bridgehead atoms.